The van der Waals surface area contributed by atoms with E-state index in [-0.39, 0.29) is 0 Å². The van der Waals surface area contributed by atoms with Gasteiger partial charge < -0.3 is 0 Å². The molecule has 0 aliphatic rings. The van der Waals surface area contributed by atoms with Crippen LogP contribution in [0.4, 0.5) is 3.89 Å². The third-order valence-electron chi connectivity index (χ3n) is 1.83. The first-order valence-corrected chi connectivity index (χ1v) is 5.61. The van der Waals surface area contributed by atoms with Gasteiger partial charge in [0.2, 0.25) is 0 Å². The lowest BCUT2D eigenvalue weighted by molar-refractivity contribution is 0.550. The van der Waals surface area contributed by atoms with Crippen LogP contribution in [0.25, 0.3) is 5.65 Å². The standard InChI is InChI=1S/C7H5ClFN3O2S/c1-4-6(8)7-10-2-5(15(9,13)14)3-12(7)11-4/h2-3H,1H3. The van der Waals surface area contributed by atoms with E-state index in [9.17, 15) is 12.3 Å². The molecule has 0 spiro atoms. The maximum Gasteiger partial charge on any atom is 0.335 e. The van der Waals surface area contributed by atoms with Gasteiger partial charge in [-0.3, -0.25) is 0 Å². The highest BCUT2D eigenvalue weighted by atomic mass is 35.5. The summed E-state index contributed by atoms with van der Waals surface area (Å²) in [6.45, 7) is 1.64. The molecule has 0 fully saturated rings. The van der Waals surface area contributed by atoms with Gasteiger partial charge in [-0.25, -0.2) is 9.50 Å². The molecule has 0 N–H and O–H groups in total. The average molecular weight is 250 g/mol. The number of halogens is 2. The van der Waals surface area contributed by atoms with Crippen molar-refractivity contribution < 1.29 is 12.3 Å². The fourth-order valence-corrected chi connectivity index (χ4v) is 1.70. The third-order valence-corrected chi connectivity index (χ3v) is 3.05. The first kappa shape index (κ1) is 10.3. The van der Waals surface area contributed by atoms with Crippen LogP contribution in [0, 0.1) is 6.92 Å². The number of hydrogen-bond acceptors (Lipinski definition) is 4. The van der Waals surface area contributed by atoms with Gasteiger partial charge in [0.25, 0.3) is 0 Å². The first-order chi connectivity index (χ1) is 6.89. The van der Waals surface area contributed by atoms with Crippen LogP contribution in [-0.4, -0.2) is 23.0 Å². The van der Waals surface area contributed by atoms with Gasteiger partial charge in [0.15, 0.2) is 5.65 Å². The molecule has 80 valence electrons. The molecule has 0 unspecified atom stereocenters. The summed E-state index contributed by atoms with van der Waals surface area (Å²) in [6.07, 6.45) is 1.92. The molecule has 0 aliphatic heterocycles. The van der Waals surface area contributed by atoms with E-state index in [1.165, 1.54) is 0 Å². The monoisotopic (exact) mass is 249 g/mol. The Morgan fingerprint density at radius 1 is 1.53 bits per heavy atom. The van der Waals surface area contributed by atoms with Crippen LogP contribution in [0.3, 0.4) is 0 Å². The van der Waals surface area contributed by atoms with E-state index in [1.807, 2.05) is 0 Å². The average Bonchev–Trinajstić information content (AvgIpc) is 2.41. The highest BCUT2D eigenvalue weighted by Crippen LogP contribution is 2.20. The van der Waals surface area contributed by atoms with Crippen molar-refractivity contribution in [2.75, 3.05) is 0 Å². The fourth-order valence-electron chi connectivity index (χ4n) is 1.13. The van der Waals surface area contributed by atoms with Gasteiger partial charge in [0, 0.05) is 0 Å². The van der Waals surface area contributed by atoms with Crippen molar-refractivity contribution in [1.82, 2.24) is 14.6 Å². The summed E-state index contributed by atoms with van der Waals surface area (Å²) in [5.41, 5.74) is 0.791. The molecule has 0 aromatic carbocycles. The Labute approximate surface area is 89.7 Å². The third kappa shape index (κ3) is 1.68. The molecule has 0 atom stereocenters. The molecule has 5 nitrogen and oxygen atoms in total. The van der Waals surface area contributed by atoms with Crippen molar-refractivity contribution in [1.29, 1.82) is 0 Å². The van der Waals surface area contributed by atoms with E-state index in [2.05, 4.69) is 10.1 Å². The molecule has 0 saturated carbocycles. The summed E-state index contributed by atoms with van der Waals surface area (Å²) in [4.78, 5) is 3.17. The lowest BCUT2D eigenvalue weighted by Gasteiger charge is -1.95. The van der Waals surface area contributed by atoms with Crippen LogP contribution in [0.15, 0.2) is 17.3 Å². The molecule has 2 heterocycles. The van der Waals surface area contributed by atoms with Crippen LogP contribution >= 0.6 is 11.6 Å². The number of hydrogen-bond donors (Lipinski definition) is 0. The lowest BCUT2D eigenvalue weighted by Crippen LogP contribution is -1.98. The smallest absolute Gasteiger partial charge is 0.234 e. The summed E-state index contributed by atoms with van der Waals surface area (Å²) in [6, 6.07) is 0. The van der Waals surface area contributed by atoms with Gasteiger partial charge in [-0.15, -0.1) is 3.89 Å². The largest absolute Gasteiger partial charge is 0.335 e. The molecule has 0 bridgehead atoms. The number of nitrogens with zero attached hydrogens (tertiary/aromatic N) is 3. The number of fused-ring (bicyclic) bond motifs is 1. The molecule has 2 aromatic heterocycles. The Kier molecular flexibility index (Phi) is 2.16. The molecule has 0 saturated heterocycles. The van der Waals surface area contributed by atoms with Crippen molar-refractivity contribution in [3.63, 3.8) is 0 Å². The van der Waals surface area contributed by atoms with Crippen molar-refractivity contribution in [3.05, 3.63) is 23.1 Å². The zero-order chi connectivity index (χ0) is 11.2. The summed E-state index contributed by atoms with van der Waals surface area (Å²) in [7, 11) is -4.76. The quantitative estimate of drug-likeness (QED) is 0.716. The first-order valence-electron chi connectivity index (χ1n) is 3.85. The van der Waals surface area contributed by atoms with Crippen LogP contribution in [0.2, 0.25) is 5.02 Å². The van der Waals surface area contributed by atoms with Crippen LogP contribution in [0.1, 0.15) is 5.69 Å². The van der Waals surface area contributed by atoms with Crippen molar-refractivity contribution in [3.8, 4) is 0 Å². The normalized spacial score (nSPS) is 12.2. The lowest BCUT2D eigenvalue weighted by atomic mass is 10.5. The SMILES string of the molecule is Cc1nn2cc(S(=O)(=O)F)cnc2c1Cl. The van der Waals surface area contributed by atoms with E-state index in [0.29, 0.717) is 16.4 Å². The second-order valence-corrected chi connectivity index (χ2v) is 4.62. The number of aromatic nitrogens is 3. The molecule has 0 aliphatic carbocycles. The molecular formula is C7H5ClFN3O2S. The number of rotatable bonds is 1. The summed E-state index contributed by atoms with van der Waals surface area (Å²) in [5, 5.41) is 4.20. The topological polar surface area (TPSA) is 64.3 Å². The molecule has 2 rings (SSSR count). The molecule has 15 heavy (non-hydrogen) atoms. The van der Waals surface area contributed by atoms with E-state index in [0.717, 1.165) is 16.9 Å². The van der Waals surface area contributed by atoms with Gasteiger partial charge in [0.05, 0.1) is 18.1 Å². The molecular weight excluding hydrogens is 245 g/mol. The minimum Gasteiger partial charge on any atom is -0.234 e. The van der Waals surface area contributed by atoms with Crippen molar-refractivity contribution >= 4 is 27.5 Å². The van der Waals surface area contributed by atoms with Crippen molar-refractivity contribution in [2.45, 2.75) is 11.8 Å². The van der Waals surface area contributed by atoms with Crippen LogP contribution in [-0.2, 0) is 10.2 Å². The number of aryl methyl sites for hydroxylation is 1. The van der Waals surface area contributed by atoms with E-state index in [4.69, 9.17) is 11.6 Å². The second-order valence-electron chi connectivity index (χ2n) is 2.90. The minimum absolute atomic E-state index is 0.293. The Bertz CT molecular complexity index is 637. The van der Waals surface area contributed by atoms with E-state index < -0.39 is 15.1 Å². The minimum atomic E-state index is -4.76. The highest BCUT2D eigenvalue weighted by molar-refractivity contribution is 7.86. The van der Waals surface area contributed by atoms with Gasteiger partial charge in [-0.05, 0) is 6.92 Å². The van der Waals surface area contributed by atoms with E-state index in [1.54, 1.807) is 6.92 Å². The summed E-state index contributed by atoms with van der Waals surface area (Å²) in [5.74, 6) is 0. The second kappa shape index (κ2) is 3.14. The predicted octanol–water partition coefficient (Wildman–Crippen LogP) is 1.35. The zero-order valence-electron chi connectivity index (χ0n) is 7.48. The maximum absolute atomic E-state index is 12.6. The van der Waals surface area contributed by atoms with Gasteiger partial charge in [-0.2, -0.15) is 13.5 Å². The van der Waals surface area contributed by atoms with Crippen LogP contribution in [0.5, 0.6) is 0 Å². The van der Waals surface area contributed by atoms with Crippen LogP contribution < -0.4 is 0 Å². The Morgan fingerprint density at radius 3 is 2.80 bits per heavy atom. The Morgan fingerprint density at radius 2 is 2.20 bits per heavy atom. The molecule has 2 aromatic rings. The summed E-state index contributed by atoms with van der Waals surface area (Å²) < 4.78 is 34.9. The van der Waals surface area contributed by atoms with Gasteiger partial charge in [-0.1, -0.05) is 11.6 Å². The molecule has 0 radical (unpaired) electrons. The Balaban J connectivity index is 2.78. The zero-order valence-corrected chi connectivity index (χ0v) is 9.05. The molecule has 8 heteroatoms. The molecule has 0 amide bonds. The van der Waals surface area contributed by atoms with E-state index >= 15 is 0 Å². The fraction of sp³-hybridized carbons (Fsp3) is 0.143. The van der Waals surface area contributed by atoms with Gasteiger partial charge >= 0.3 is 10.2 Å². The maximum atomic E-state index is 12.6. The summed E-state index contributed by atoms with van der Waals surface area (Å²) >= 11 is 5.82. The Hall–Kier alpha value is -1.21. The highest BCUT2D eigenvalue weighted by Gasteiger charge is 2.15. The van der Waals surface area contributed by atoms with Crippen molar-refractivity contribution in [2.24, 2.45) is 0 Å². The van der Waals surface area contributed by atoms with Gasteiger partial charge in [0.1, 0.15) is 9.92 Å². The predicted molar refractivity (Wildman–Crippen MR) is 51.0 cm³/mol.